The summed E-state index contributed by atoms with van der Waals surface area (Å²) in [5.74, 6) is 1.33. The minimum Gasteiger partial charge on any atom is -0.462 e. The molecule has 1 saturated carbocycles. The summed E-state index contributed by atoms with van der Waals surface area (Å²) in [5, 5.41) is 3.34. The maximum absolute atomic E-state index is 11.9. The molecule has 2 aliphatic rings. The smallest absolute Gasteiger partial charge is 0.306 e. The predicted octanol–water partition coefficient (Wildman–Crippen LogP) is 2.89. The van der Waals surface area contributed by atoms with Crippen molar-refractivity contribution in [1.82, 2.24) is 5.32 Å². The normalized spacial score (nSPS) is 32.4. The Balaban J connectivity index is 1.68. The van der Waals surface area contributed by atoms with Crippen LogP contribution in [-0.4, -0.2) is 25.2 Å². The maximum atomic E-state index is 11.9. The van der Waals surface area contributed by atoms with Crippen molar-refractivity contribution in [3.8, 4) is 0 Å². The van der Waals surface area contributed by atoms with Gasteiger partial charge in [0.15, 0.2) is 0 Å². The van der Waals surface area contributed by atoms with Crippen LogP contribution in [0.2, 0.25) is 0 Å². The fourth-order valence-corrected chi connectivity index (χ4v) is 3.31. The molecule has 3 atom stereocenters. The van der Waals surface area contributed by atoms with Gasteiger partial charge in [0.05, 0.1) is 0 Å². The molecule has 2 fully saturated rings. The number of ether oxygens (including phenoxy) is 1. The van der Waals surface area contributed by atoms with Gasteiger partial charge in [-0.3, -0.25) is 4.79 Å². The average molecular weight is 253 g/mol. The number of hydrogen-bond donors (Lipinski definition) is 1. The Labute approximate surface area is 111 Å². The molecule has 1 N–H and O–H groups in total. The van der Waals surface area contributed by atoms with Crippen molar-refractivity contribution in [3.63, 3.8) is 0 Å². The van der Waals surface area contributed by atoms with Crippen molar-refractivity contribution in [3.05, 3.63) is 0 Å². The maximum Gasteiger partial charge on any atom is 0.306 e. The molecule has 104 valence electrons. The van der Waals surface area contributed by atoms with E-state index in [4.69, 9.17) is 4.74 Å². The molecule has 1 saturated heterocycles. The molecule has 0 spiro atoms. The lowest BCUT2D eigenvalue weighted by Crippen LogP contribution is -2.29. The molecule has 0 radical (unpaired) electrons. The summed E-state index contributed by atoms with van der Waals surface area (Å²) in [5.41, 5.74) is 0. The molecule has 1 aliphatic heterocycles. The summed E-state index contributed by atoms with van der Waals surface area (Å²) < 4.78 is 5.70. The second kappa shape index (κ2) is 7.13. The Hall–Kier alpha value is -0.570. The van der Waals surface area contributed by atoms with E-state index in [2.05, 4.69) is 12.2 Å². The topological polar surface area (TPSA) is 38.3 Å². The van der Waals surface area contributed by atoms with Crippen molar-refractivity contribution in [1.29, 1.82) is 0 Å². The van der Waals surface area contributed by atoms with Crippen molar-refractivity contribution in [2.24, 2.45) is 11.8 Å². The summed E-state index contributed by atoms with van der Waals surface area (Å²) >= 11 is 0. The molecular weight excluding hydrogens is 226 g/mol. The van der Waals surface area contributed by atoms with E-state index in [-0.39, 0.29) is 12.1 Å². The van der Waals surface area contributed by atoms with Gasteiger partial charge in [0.1, 0.15) is 6.10 Å². The first-order valence-corrected chi connectivity index (χ1v) is 7.69. The van der Waals surface area contributed by atoms with Gasteiger partial charge in [0, 0.05) is 6.42 Å². The second-order valence-electron chi connectivity index (χ2n) is 5.88. The van der Waals surface area contributed by atoms with Gasteiger partial charge in [-0.25, -0.2) is 0 Å². The van der Waals surface area contributed by atoms with E-state index in [1.165, 1.54) is 25.7 Å². The van der Waals surface area contributed by atoms with E-state index < -0.39 is 0 Å². The SMILES string of the molecule is CCC1CCCCC1OC(=O)CCC1CCNC1. The van der Waals surface area contributed by atoms with E-state index in [1.54, 1.807) is 0 Å². The third kappa shape index (κ3) is 3.98. The van der Waals surface area contributed by atoms with Gasteiger partial charge in [-0.1, -0.05) is 13.3 Å². The Bertz CT molecular complexity index is 261. The Morgan fingerprint density at radius 2 is 2.11 bits per heavy atom. The minimum absolute atomic E-state index is 0.0345. The highest BCUT2D eigenvalue weighted by Gasteiger charge is 2.27. The standard InChI is InChI=1S/C15H27NO2/c1-2-13-5-3-4-6-14(13)18-15(17)8-7-12-9-10-16-11-12/h12-14,16H,2-11H2,1H3. The van der Waals surface area contributed by atoms with Gasteiger partial charge >= 0.3 is 5.97 Å². The molecule has 3 nitrogen and oxygen atoms in total. The van der Waals surface area contributed by atoms with Crippen LogP contribution in [0.3, 0.4) is 0 Å². The molecular formula is C15H27NO2. The number of esters is 1. The fraction of sp³-hybridized carbons (Fsp3) is 0.933. The van der Waals surface area contributed by atoms with Crippen LogP contribution in [0.15, 0.2) is 0 Å². The zero-order chi connectivity index (χ0) is 12.8. The van der Waals surface area contributed by atoms with Crippen LogP contribution in [0.25, 0.3) is 0 Å². The van der Waals surface area contributed by atoms with Gasteiger partial charge in [0.25, 0.3) is 0 Å². The van der Waals surface area contributed by atoms with Crippen LogP contribution in [0.4, 0.5) is 0 Å². The van der Waals surface area contributed by atoms with Crippen molar-refractivity contribution >= 4 is 5.97 Å². The monoisotopic (exact) mass is 253 g/mol. The number of carbonyl (C=O) groups is 1. The molecule has 3 unspecified atom stereocenters. The third-order valence-corrected chi connectivity index (χ3v) is 4.57. The van der Waals surface area contributed by atoms with Crippen molar-refractivity contribution < 1.29 is 9.53 Å². The lowest BCUT2D eigenvalue weighted by molar-refractivity contribution is -0.154. The summed E-state index contributed by atoms with van der Waals surface area (Å²) in [6, 6.07) is 0. The first-order chi connectivity index (χ1) is 8.79. The van der Waals surface area contributed by atoms with E-state index in [1.807, 2.05) is 0 Å². The lowest BCUT2D eigenvalue weighted by Gasteiger charge is -2.30. The second-order valence-corrected chi connectivity index (χ2v) is 5.88. The highest BCUT2D eigenvalue weighted by atomic mass is 16.5. The molecule has 0 aromatic rings. The minimum atomic E-state index is 0.0345. The highest BCUT2D eigenvalue weighted by molar-refractivity contribution is 5.69. The van der Waals surface area contributed by atoms with Crippen molar-refractivity contribution in [2.75, 3.05) is 13.1 Å². The van der Waals surface area contributed by atoms with Crippen LogP contribution in [0.1, 0.15) is 58.3 Å². The van der Waals surface area contributed by atoms with Gasteiger partial charge in [-0.05, 0) is 63.5 Å². The Morgan fingerprint density at radius 3 is 2.83 bits per heavy atom. The summed E-state index contributed by atoms with van der Waals surface area (Å²) in [4.78, 5) is 11.9. The number of hydrogen-bond acceptors (Lipinski definition) is 3. The molecule has 1 heterocycles. The molecule has 0 aromatic heterocycles. The molecule has 0 amide bonds. The fourth-order valence-electron chi connectivity index (χ4n) is 3.31. The highest BCUT2D eigenvalue weighted by Crippen LogP contribution is 2.29. The van der Waals surface area contributed by atoms with E-state index >= 15 is 0 Å². The van der Waals surface area contributed by atoms with Gasteiger partial charge < -0.3 is 10.1 Å². The first-order valence-electron chi connectivity index (χ1n) is 7.69. The zero-order valence-corrected chi connectivity index (χ0v) is 11.6. The predicted molar refractivity (Wildman–Crippen MR) is 72.3 cm³/mol. The first kappa shape index (κ1) is 13.9. The quantitative estimate of drug-likeness (QED) is 0.766. The largest absolute Gasteiger partial charge is 0.462 e. The lowest BCUT2D eigenvalue weighted by atomic mass is 9.85. The van der Waals surface area contributed by atoms with Crippen LogP contribution < -0.4 is 5.32 Å². The Kier molecular flexibility index (Phi) is 5.48. The summed E-state index contributed by atoms with van der Waals surface area (Å²) in [6.45, 7) is 4.40. The summed E-state index contributed by atoms with van der Waals surface area (Å²) in [7, 11) is 0. The molecule has 0 aromatic carbocycles. The van der Waals surface area contributed by atoms with Crippen molar-refractivity contribution in [2.45, 2.75) is 64.4 Å². The molecule has 3 heteroatoms. The van der Waals surface area contributed by atoms with Crippen LogP contribution in [-0.2, 0) is 9.53 Å². The molecule has 0 bridgehead atoms. The Morgan fingerprint density at radius 1 is 1.28 bits per heavy atom. The van der Waals surface area contributed by atoms with E-state index in [0.29, 0.717) is 18.3 Å². The number of nitrogens with one attached hydrogen (secondary N) is 1. The van der Waals surface area contributed by atoms with E-state index in [0.717, 1.165) is 32.4 Å². The number of rotatable bonds is 5. The molecule has 1 aliphatic carbocycles. The van der Waals surface area contributed by atoms with E-state index in [9.17, 15) is 4.79 Å². The van der Waals surface area contributed by atoms with Gasteiger partial charge in [-0.15, -0.1) is 0 Å². The molecule has 2 rings (SSSR count). The summed E-state index contributed by atoms with van der Waals surface area (Å²) in [6.07, 6.45) is 9.02. The van der Waals surface area contributed by atoms with Gasteiger partial charge in [-0.2, -0.15) is 0 Å². The van der Waals surface area contributed by atoms with Crippen LogP contribution in [0.5, 0.6) is 0 Å². The van der Waals surface area contributed by atoms with Gasteiger partial charge in [0.2, 0.25) is 0 Å². The third-order valence-electron chi connectivity index (χ3n) is 4.57. The molecule has 18 heavy (non-hydrogen) atoms. The van der Waals surface area contributed by atoms with Crippen LogP contribution >= 0.6 is 0 Å². The number of carbonyl (C=O) groups excluding carboxylic acids is 1. The van der Waals surface area contributed by atoms with Crippen LogP contribution in [0, 0.1) is 11.8 Å². The zero-order valence-electron chi connectivity index (χ0n) is 11.6. The average Bonchev–Trinajstić information content (AvgIpc) is 2.90.